The lowest BCUT2D eigenvalue weighted by atomic mass is 9.99. The number of carboxylic acid groups (broad SMARTS) is 1. The van der Waals surface area contributed by atoms with Crippen LogP contribution in [-0.4, -0.2) is 23.1 Å². The van der Waals surface area contributed by atoms with Crippen LogP contribution in [0.3, 0.4) is 0 Å². The predicted molar refractivity (Wildman–Crippen MR) is 67.0 cm³/mol. The molecule has 0 bridgehead atoms. The number of hydrogen-bond donors (Lipinski definition) is 1. The van der Waals surface area contributed by atoms with Gasteiger partial charge in [-0.2, -0.15) is 0 Å². The highest BCUT2D eigenvalue weighted by molar-refractivity contribution is 6.18. The topological polar surface area (TPSA) is 63.6 Å². The van der Waals surface area contributed by atoms with E-state index < -0.39 is 11.9 Å². The van der Waals surface area contributed by atoms with Gasteiger partial charge in [-0.25, -0.2) is 9.59 Å². The maximum atomic E-state index is 11.7. The number of ether oxygens (including phenoxy) is 1. The number of fused-ring (bicyclic) bond motifs is 1. The van der Waals surface area contributed by atoms with E-state index in [0.29, 0.717) is 10.8 Å². The zero-order valence-corrected chi connectivity index (χ0v) is 9.98. The molecule has 4 nitrogen and oxygen atoms in total. The van der Waals surface area contributed by atoms with Crippen molar-refractivity contribution in [3.63, 3.8) is 0 Å². The Labute approximate surface area is 108 Å². The van der Waals surface area contributed by atoms with Crippen molar-refractivity contribution in [1.82, 2.24) is 0 Å². The lowest BCUT2D eigenvalue weighted by molar-refractivity contribution is 0.0576. The zero-order valence-electron chi connectivity index (χ0n) is 9.22. The average Bonchev–Trinajstić information content (AvgIpc) is 2.37. The van der Waals surface area contributed by atoms with Gasteiger partial charge in [0.15, 0.2) is 6.07 Å². The van der Waals surface area contributed by atoms with Gasteiger partial charge in [-0.3, -0.25) is 0 Å². The molecule has 0 aliphatic carbocycles. The number of aromatic carboxylic acids is 1. The summed E-state index contributed by atoms with van der Waals surface area (Å²) in [7, 11) is 0. The molecule has 0 radical (unpaired) electrons. The molecule has 0 aromatic heterocycles. The first-order valence-electron chi connectivity index (χ1n) is 5.13. The van der Waals surface area contributed by atoms with E-state index in [2.05, 4.69) is 0 Å². The third kappa shape index (κ3) is 2.15. The Balaban J connectivity index is 2.73. The van der Waals surface area contributed by atoms with Crippen molar-refractivity contribution < 1.29 is 19.4 Å². The van der Waals surface area contributed by atoms with E-state index in [1.54, 1.807) is 24.3 Å². The Morgan fingerprint density at radius 2 is 1.72 bits per heavy atom. The second-order valence-corrected chi connectivity index (χ2v) is 3.77. The maximum Gasteiger partial charge on any atom is 0.339 e. The minimum Gasteiger partial charge on any atom is -0.478 e. The zero-order chi connectivity index (χ0) is 13.1. The Kier molecular flexibility index (Phi) is 3.48. The van der Waals surface area contributed by atoms with Gasteiger partial charge in [-0.05, 0) is 17.5 Å². The van der Waals surface area contributed by atoms with E-state index in [9.17, 15) is 9.59 Å². The fourth-order valence-corrected chi connectivity index (χ4v) is 1.92. The molecule has 92 valence electrons. The molecular weight excluding hydrogens is 256 g/mol. The lowest BCUT2D eigenvalue weighted by Crippen LogP contribution is -2.07. The van der Waals surface area contributed by atoms with Crippen molar-refractivity contribution in [2.45, 2.75) is 0 Å². The van der Waals surface area contributed by atoms with Crippen molar-refractivity contribution >= 4 is 34.3 Å². The number of carbonyl (C=O) groups is 2. The standard InChI is InChI=1S/C13H9ClO4/c14-7-18-13(17)10-6-2-4-8-3-1-5-9(11(8)10)12(15)16/h1-6H,7H2,(H,15,16). The molecule has 0 aliphatic heterocycles. The summed E-state index contributed by atoms with van der Waals surface area (Å²) in [6.07, 6.45) is 0. The van der Waals surface area contributed by atoms with Gasteiger partial charge in [0.1, 0.15) is 0 Å². The molecule has 18 heavy (non-hydrogen) atoms. The van der Waals surface area contributed by atoms with Gasteiger partial charge in [0.05, 0.1) is 11.1 Å². The van der Waals surface area contributed by atoms with Crippen molar-refractivity contribution in [3.8, 4) is 0 Å². The quantitative estimate of drug-likeness (QED) is 0.684. The van der Waals surface area contributed by atoms with Crippen LogP contribution in [0.2, 0.25) is 0 Å². The van der Waals surface area contributed by atoms with Gasteiger partial charge >= 0.3 is 11.9 Å². The van der Waals surface area contributed by atoms with E-state index >= 15 is 0 Å². The molecule has 0 spiro atoms. The molecular formula is C13H9ClO4. The van der Waals surface area contributed by atoms with Crippen molar-refractivity contribution in [2.24, 2.45) is 0 Å². The summed E-state index contributed by atoms with van der Waals surface area (Å²) in [6.45, 7) is 0. The number of carbonyl (C=O) groups excluding carboxylic acids is 1. The number of rotatable bonds is 3. The molecule has 0 unspecified atom stereocenters. The molecule has 2 aromatic carbocycles. The summed E-state index contributed by atoms with van der Waals surface area (Å²) in [5, 5.41) is 10.2. The summed E-state index contributed by atoms with van der Waals surface area (Å²) < 4.78 is 4.70. The van der Waals surface area contributed by atoms with Crippen molar-refractivity contribution in [2.75, 3.05) is 6.07 Å². The van der Waals surface area contributed by atoms with E-state index in [-0.39, 0.29) is 17.2 Å². The first-order valence-corrected chi connectivity index (χ1v) is 5.66. The maximum absolute atomic E-state index is 11.7. The molecule has 0 aliphatic rings. The fourth-order valence-electron chi connectivity index (χ4n) is 1.82. The van der Waals surface area contributed by atoms with Crippen LogP contribution in [0.25, 0.3) is 10.8 Å². The minimum atomic E-state index is -1.09. The Hall–Kier alpha value is -2.07. The van der Waals surface area contributed by atoms with Crippen LogP contribution in [0.1, 0.15) is 20.7 Å². The van der Waals surface area contributed by atoms with E-state index in [0.717, 1.165) is 0 Å². The second-order valence-electron chi connectivity index (χ2n) is 3.56. The van der Waals surface area contributed by atoms with Crippen LogP contribution in [0.15, 0.2) is 36.4 Å². The number of carboxylic acids is 1. The Morgan fingerprint density at radius 3 is 2.28 bits per heavy atom. The molecule has 0 atom stereocenters. The SMILES string of the molecule is O=C(O)c1cccc2cccc(C(=O)OCCl)c12. The van der Waals surface area contributed by atoms with Gasteiger partial charge in [0.2, 0.25) is 0 Å². The van der Waals surface area contributed by atoms with Crippen molar-refractivity contribution in [1.29, 1.82) is 0 Å². The fraction of sp³-hybridized carbons (Fsp3) is 0.0769. The highest BCUT2D eigenvalue weighted by Gasteiger charge is 2.16. The van der Waals surface area contributed by atoms with Crippen LogP contribution in [0, 0.1) is 0 Å². The van der Waals surface area contributed by atoms with E-state index in [1.165, 1.54) is 12.1 Å². The average molecular weight is 265 g/mol. The van der Waals surface area contributed by atoms with E-state index in [4.69, 9.17) is 21.4 Å². The molecule has 2 rings (SSSR count). The minimum absolute atomic E-state index is 0.0645. The first-order chi connectivity index (χ1) is 8.65. The number of benzene rings is 2. The van der Waals surface area contributed by atoms with Crippen LogP contribution in [0.4, 0.5) is 0 Å². The smallest absolute Gasteiger partial charge is 0.339 e. The van der Waals surface area contributed by atoms with Gasteiger partial charge in [0, 0.05) is 5.39 Å². The van der Waals surface area contributed by atoms with Crippen LogP contribution < -0.4 is 0 Å². The summed E-state index contributed by atoms with van der Waals surface area (Å²) in [5.74, 6) is -1.73. The second kappa shape index (κ2) is 5.06. The molecule has 5 heteroatoms. The highest BCUT2D eigenvalue weighted by Crippen LogP contribution is 2.24. The lowest BCUT2D eigenvalue weighted by Gasteiger charge is -2.08. The summed E-state index contributed by atoms with van der Waals surface area (Å²) in [6, 6.07) is 9.45. The largest absolute Gasteiger partial charge is 0.478 e. The third-order valence-electron chi connectivity index (χ3n) is 2.54. The third-order valence-corrected chi connectivity index (χ3v) is 2.65. The molecule has 0 saturated heterocycles. The van der Waals surface area contributed by atoms with Crippen LogP contribution in [-0.2, 0) is 4.74 Å². The summed E-state index contributed by atoms with van der Waals surface area (Å²) in [5.41, 5.74) is 0.265. The van der Waals surface area contributed by atoms with Gasteiger partial charge < -0.3 is 9.84 Å². The van der Waals surface area contributed by atoms with Gasteiger partial charge in [0.25, 0.3) is 0 Å². The van der Waals surface area contributed by atoms with Crippen molar-refractivity contribution in [3.05, 3.63) is 47.5 Å². The molecule has 0 heterocycles. The van der Waals surface area contributed by atoms with Gasteiger partial charge in [-0.1, -0.05) is 35.9 Å². The molecule has 0 saturated carbocycles. The number of halogens is 1. The predicted octanol–water partition coefficient (Wildman–Crippen LogP) is 2.89. The summed E-state index contributed by atoms with van der Waals surface area (Å²) >= 11 is 5.34. The van der Waals surface area contributed by atoms with Crippen LogP contribution >= 0.6 is 11.6 Å². The summed E-state index contributed by atoms with van der Waals surface area (Å²) in [4.78, 5) is 22.9. The number of alkyl halides is 1. The Morgan fingerprint density at radius 1 is 1.11 bits per heavy atom. The normalized spacial score (nSPS) is 10.3. The molecule has 1 N–H and O–H groups in total. The van der Waals surface area contributed by atoms with E-state index in [1.807, 2.05) is 0 Å². The molecule has 0 amide bonds. The van der Waals surface area contributed by atoms with Crippen LogP contribution in [0.5, 0.6) is 0 Å². The number of hydrogen-bond acceptors (Lipinski definition) is 3. The van der Waals surface area contributed by atoms with Gasteiger partial charge in [-0.15, -0.1) is 0 Å². The molecule has 0 fully saturated rings. The highest BCUT2D eigenvalue weighted by atomic mass is 35.5. The first kappa shape index (κ1) is 12.4. The monoisotopic (exact) mass is 264 g/mol. The molecule has 2 aromatic rings. The Bertz CT molecular complexity index is 616. The number of esters is 1.